The van der Waals surface area contributed by atoms with Crippen LogP contribution >= 0.6 is 0 Å². The highest BCUT2D eigenvalue weighted by Crippen LogP contribution is 2.30. The average Bonchev–Trinajstić information content (AvgIpc) is 2.18. The van der Waals surface area contributed by atoms with E-state index in [9.17, 15) is 4.79 Å². The Labute approximate surface area is 80.0 Å². The lowest BCUT2D eigenvalue weighted by Crippen LogP contribution is -2.28. The van der Waals surface area contributed by atoms with Crippen LogP contribution in [0.1, 0.15) is 32.6 Å². The van der Waals surface area contributed by atoms with Gasteiger partial charge in [0.05, 0.1) is 6.10 Å². The van der Waals surface area contributed by atoms with Gasteiger partial charge in [0.1, 0.15) is 6.29 Å². The smallest absolute Gasteiger partial charge is 0.120 e. The Balaban J connectivity index is 2.67. The molecular formula is C11H18O2. The predicted molar refractivity (Wildman–Crippen MR) is 52.6 cm³/mol. The summed E-state index contributed by atoms with van der Waals surface area (Å²) in [6.45, 7) is 2.14. The molecule has 0 fully saturated rings. The Kier molecular flexibility index (Phi) is 4.16. The fourth-order valence-electron chi connectivity index (χ4n) is 2.11. The van der Waals surface area contributed by atoms with E-state index in [1.54, 1.807) is 7.11 Å². The van der Waals surface area contributed by atoms with E-state index < -0.39 is 0 Å². The molecule has 0 spiro atoms. The molecule has 2 heteroatoms. The molecule has 0 aromatic rings. The first-order valence-electron chi connectivity index (χ1n) is 4.98. The maximum atomic E-state index is 10.5. The van der Waals surface area contributed by atoms with E-state index in [4.69, 9.17) is 4.74 Å². The minimum atomic E-state index is 0.184. The molecule has 0 aromatic carbocycles. The standard InChI is InChI=1S/C11H18O2/c1-3-9-5-4-6-10(7-8-12)11(9)13-2/h5,8,10-11H,3-4,6-7H2,1-2H3. The van der Waals surface area contributed by atoms with Gasteiger partial charge in [-0.1, -0.05) is 13.0 Å². The van der Waals surface area contributed by atoms with Gasteiger partial charge in [0.25, 0.3) is 0 Å². The zero-order chi connectivity index (χ0) is 9.68. The summed E-state index contributed by atoms with van der Waals surface area (Å²) in [5.41, 5.74) is 1.36. The third kappa shape index (κ3) is 2.41. The van der Waals surface area contributed by atoms with E-state index in [-0.39, 0.29) is 6.10 Å². The number of aldehydes is 1. The van der Waals surface area contributed by atoms with Crippen molar-refractivity contribution >= 4 is 6.29 Å². The second kappa shape index (κ2) is 5.18. The molecule has 2 atom stereocenters. The molecule has 0 bridgehead atoms. The molecule has 1 aliphatic rings. The van der Waals surface area contributed by atoms with Crippen LogP contribution in [0.4, 0.5) is 0 Å². The Hall–Kier alpha value is -0.630. The largest absolute Gasteiger partial charge is 0.377 e. The third-order valence-corrected chi connectivity index (χ3v) is 2.80. The summed E-state index contributed by atoms with van der Waals surface area (Å²) >= 11 is 0. The van der Waals surface area contributed by atoms with Crippen molar-refractivity contribution < 1.29 is 9.53 Å². The van der Waals surface area contributed by atoms with Crippen LogP contribution in [0.5, 0.6) is 0 Å². The summed E-state index contributed by atoms with van der Waals surface area (Å²) in [6, 6.07) is 0. The summed E-state index contributed by atoms with van der Waals surface area (Å²) in [6.07, 6.45) is 7.31. The Morgan fingerprint density at radius 3 is 3.00 bits per heavy atom. The summed E-state index contributed by atoms with van der Waals surface area (Å²) in [7, 11) is 1.73. The van der Waals surface area contributed by atoms with Crippen LogP contribution in [0.3, 0.4) is 0 Å². The summed E-state index contributed by atoms with van der Waals surface area (Å²) in [4.78, 5) is 10.5. The zero-order valence-electron chi connectivity index (χ0n) is 8.45. The van der Waals surface area contributed by atoms with Gasteiger partial charge < -0.3 is 9.53 Å². The molecule has 0 saturated heterocycles. The molecule has 2 nitrogen and oxygen atoms in total. The van der Waals surface area contributed by atoms with Gasteiger partial charge in [-0.2, -0.15) is 0 Å². The number of carbonyl (C=O) groups is 1. The molecule has 1 aliphatic carbocycles. The van der Waals surface area contributed by atoms with Crippen molar-refractivity contribution in [3.05, 3.63) is 11.6 Å². The van der Waals surface area contributed by atoms with Crippen molar-refractivity contribution in [3.63, 3.8) is 0 Å². The number of rotatable bonds is 4. The molecule has 0 amide bonds. The number of methoxy groups -OCH3 is 1. The molecular weight excluding hydrogens is 164 g/mol. The quantitative estimate of drug-likeness (QED) is 0.492. The number of hydrogen-bond acceptors (Lipinski definition) is 2. The number of ether oxygens (including phenoxy) is 1. The molecule has 74 valence electrons. The van der Waals surface area contributed by atoms with E-state index in [2.05, 4.69) is 13.0 Å². The number of carbonyl (C=O) groups excluding carboxylic acids is 1. The van der Waals surface area contributed by atoms with Crippen LogP contribution in [0.2, 0.25) is 0 Å². The van der Waals surface area contributed by atoms with Crippen LogP contribution in [0.25, 0.3) is 0 Å². The fraction of sp³-hybridized carbons (Fsp3) is 0.727. The molecule has 0 heterocycles. The van der Waals surface area contributed by atoms with Crippen molar-refractivity contribution in [1.29, 1.82) is 0 Å². The molecule has 0 aliphatic heterocycles. The first-order valence-corrected chi connectivity index (χ1v) is 4.98. The van der Waals surface area contributed by atoms with Crippen molar-refractivity contribution in [1.82, 2.24) is 0 Å². The highest BCUT2D eigenvalue weighted by atomic mass is 16.5. The van der Waals surface area contributed by atoms with Gasteiger partial charge in [0.15, 0.2) is 0 Å². The van der Waals surface area contributed by atoms with Crippen LogP contribution in [-0.4, -0.2) is 19.5 Å². The summed E-state index contributed by atoms with van der Waals surface area (Å²) in [5.74, 6) is 0.405. The lowest BCUT2D eigenvalue weighted by molar-refractivity contribution is -0.109. The van der Waals surface area contributed by atoms with Crippen molar-refractivity contribution in [2.75, 3.05) is 7.11 Å². The SMILES string of the molecule is CCC1=CCCC(CC=O)C1OC. The Morgan fingerprint density at radius 2 is 2.46 bits per heavy atom. The monoisotopic (exact) mass is 182 g/mol. The molecule has 0 N–H and O–H groups in total. The van der Waals surface area contributed by atoms with Gasteiger partial charge in [-0.05, 0) is 30.8 Å². The molecule has 0 aromatic heterocycles. The summed E-state index contributed by atoms with van der Waals surface area (Å²) in [5, 5.41) is 0. The van der Waals surface area contributed by atoms with E-state index in [0.717, 1.165) is 25.5 Å². The first-order chi connectivity index (χ1) is 6.33. The second-order valence-electron chi connectivity index (χ2n) is 3.53. The van der Waals surface area contributed by atoms with Gasteiger partial charge in [-0.15, -0.1) is 0 Å². The first kappa shape index (κ1) is 10.5. The van der Waals surface area contributed by atoms with E-state index in [1.165, 1.54) is 5.57 Å². The zero-order valence-corrected chi connectivity index (χ0v) is 8.45. The maximum absolute atomic E-state index is 10.5. The van der Waals surface area contributed by atoms with Crippen molar-refractivity contribution in [2.24, 2.45) is 5.92 Å². The van der Waals surface area contributed by atoms with E-state index >= 15 is 0 Å². The highest BCUT2D eigenvalue weighted by Gasteiger charge is 2.26. The predicted octanol–water partition coefficient (Wildman–Crippen LogP) is 2.34. The molecule has 2 unspecified atom stereocenters. The van der Waals surface area contributed by atoms with Crippen LogP contribution in [-0.2, 0) is 9.53 Å². The van der Waals surface area contributed by atoms with Gasteiger partial charge >= 0.3 is 0 Å². The van der Waals surface area contributed by atoms with Crippen molar-refractivity contribution in [3.8, 4) is 0 Å². The Morgan fingerprint density at radius 1 is 1.69 bits per heavy atom. The minimum absolute atomic E-state index is 0.184. The van der Waals surface area contributed by atoms with Crippen LogP contribution < -0.4 is 0 Å². The van der Waals surface area contributed by atoms with Crippen LogP contribution in [0.15, 0.2) is 11.6 Å². The summed E-state index contributed by atoms with van der Waals surface area (Å²) < 4.78 is 5.43. The van der Waals surface area contributed by atoms with E-state index in [1.807, 2.05) is 0 Å². The molecule has 1 rings (SSSR count). The average molecular weight is 182 g/mol. The third-order valence-electron chi connectivity index (χ3n) is 2.80. The van der Waals surface area contributed by atoms with Gasteiger partial charge in [0, 0.05) is 13.5 Å². The normalized spacial score (nSPS) is 28.3. The van der Waals surface area contributed by atoms with Crippen LogP contribution in [0, 0.1) is 5.92 Å². The number of hydrogen-bond donors (Lipinski definition) is 0. The lowest BCUT2D eigenvalue weighted by atomic mass is 9.83. The second-order valence-corrected chi connectivity index (χ2v) is 3.53. The minimum Gasteiger partial charge on any atom is -0.377 e. The van der Waals surface area contributed by atoms with E-state index in [0.29, 0.717) is 12.3 Å². The maximum Gasteiger partial charge on any atom is 0.120 e. The lowest BCUT2D eigenvalue weighted by Gasteiger charge is -2.30. The molecule has 0 radical (unpaired) electrons. The molecule has 0 saturated carbocycles. The van der Waals surface area contributed by atoms with Gasteiger partial charge in [-0.25, -0.2) is 0 Å². The van der Waals surface area contributed by atoms with Crippen molar-refractivity contribution in [2.45, 2.75) is 38.7 Å². The van der Waals surface area contributed by atoms with Gasteiger partial charge in [-0.3, -0.25) is 0 Å². The molecule has 13 heavy (non-hydrogen) atoms. The van der Waals surface area contributed by atoms with Gasteiger partial charge in [0.2, 0.25) is 0 Å². The highest BCUT2D eigenvalue weighted by molar-refractivity contribution is 5.50. The Bertz CT molecular complexity index is 196. The number of allylic oxidation sites excluding steroid dienone is 1. The topological polar surface area (TPSA) is 26.3 Å². The fourth-order valence-corrected chi connectivity index (χ4v) is 2.11.